The summed E-state index contributed by atoms with van der Waals surface area (Å²) < 4.78 is 0. The lowest BCUT2D eigenvalue weighted by Gasteiger charge is -2.33. The number of hydrogen-bond donors (Lipinski definition) is 2. The van der Waals surface area contributed by atoms with E-state index < -0.39 is 0 Å². The van der Waals surface area contributed by atoms with E-state index in [2.05, 4.69) is 41.3 Å². The number of likely N-dealkylation sites (N-methyl/N-ethyl adjacent to an activating group) is 1. The van der Waals surface area contributed by atoms with E-state index in [1.54, 1.807) is 0 Å². The molecule has 1 aliphatic heterocycles. The van der Waals surface area contributed by atoms with Crippen molar-refractivity contribution < 1.29 is 0 Å². The van der Waals surface area contributed by atoms with Crippen LogP contribution in [-0.2, 0) is 0 Å². The highest BCUT2D eigenvalue weighted by Gasteiger charge is 2.20. The molecule has 2 aliphatic rings. The second-order valence-electron chi connectivity index (χ2n) is 7.79. The molecule has 1 aliphatic carbocycles. The summed E-state index contributed by atoms with van der Waals surface area (Å²) in [6, 6.07) is 1.36. The highest BCUT2D eigenvalue weighted by Crippen LogP contribution is 2.21. The number of piperidine rings is 1. The zero-order valence-electron chi connectivity index (χ0n) is 16.9. The maximum Gasteiger partial charge on any atom is 0.191 e. The predicted octanol–water partition coefficient (Wildman–Crippen LogP) is 2.68. The van der Waals surface area contributed by atoms with Crippen molar-refractivity contribution in [3.63, 3.8) is 0 Å². The van der Waals surface area contributed by atoms with Crippen LogP contribution in [0.5, 0.6) is 0 Å². The number of unbranched alkanes of at least 4 members (excludes halogenated alkanes) is 1. The molecule has 5 nitrogen and oxygen atoms in total. The fourth-order valence-corrected chi connectivity index (χ4v) is 4.04. The second-order valence-corrected chi connectivity index (χ2v) is 7.79. The highest BCUT2D eigenvalue weighted by molar-refractivity contribution is 5.80. The standard InChI is InChI=1S/C20H41N5/c1-4-6-14-25-15-11-18(12-16-25)23-20(21-5-2)22-13-17-24(3)19-9-7-8-10-19/h18-19H,4-17H2,1-3H3,(H2,21,22,23). The van der Waals surface area contributed by atoms with Crippen LogP contribution in [0.1, 0.15) is 65.2 Å². The number of aliphatic imine (C=N–C) groups is 1. The van der Waals surface area contributed by atoms with Gasteiger partial charge in [-0.2, -0.15) is 0 Å². The SMILES string of the molecule is CCCCN1CCC(NC(=NCCN(C)C2CCCC2)NCC)CC1. The Balaban J connectivity index is 1.70. The Hall–Kier alpha value is -0.810. The molecule has 5 heteroatoms. The molecule has 0 spiro atoms. The Morgan fingerprint density at radius 1 is 1.12 bits per heavy atom. The summed E-state index contributed by atoms with van der Waals surface area (Å²) >= 11 is 0. The Morgan fingerprint density at radius 3 is 2.48 bits per heavy atom. The number of likely N-dealkylation sites (tertiary alicyclic amines) is 1. The molecule has 2 rings (SSSR count). The first-order valence-corrected chi connectivity index (χ1v) is 10.7. The van der Waals surface area contributed by atoms with Crippen molar-refractivity contribution in [2.45, 2.75) is 77.3 Å². The third-order valence-corrected chi connectivity index (χ3v) is 5.77. The molecule has 1 saturated carbocycles. The molecule has 0 aromatic rings. The van der Waals surface area contributed by atoms with Gasteiger partial charge in [-0.3, -0.25) is 4.99 Å². The lowest BCUT2D eigenvalue weighted by atomic mass is 10.0. The van der Waals surface area contributed by atoms with E-state index in [-0.39, 0.29) is 0 Å². The lowest BCUT2D eigenvalue weighted by molar-refractivity contribution is 0.203. The van der Waals surface area contributed by atoms with E-state index in [1.165, 1.54) is 71.0 Å². The predicted molar refractivity (Wildman–Crippen MR) is 108 cm³/mol. The first kappa shape index (κ1) is 20.5. The van der Waals surface area contributed by atoms with Gasteiger partial charge in [0.1, 0.15) is 0 Å². The van der Waals surface area contributed by atoms with Crippen LogP contribution in [0.15, 0.2) is 4.99 Å². The van der Waals surface area contributed by atoms with Crippen molar-refractivity contribution in [3.8, 4) is 0 Å². The largest absolute Gasteiger partial charge is 0.357 e. The van der Waals surface area contributed by atoms with Crippen LogP contribution in [0.4, 0.5) is 0 Å². The second kappa shape index (κ2) is 11.7. The lowest BCUT2D eigenvalue weighted by Crippen LogP contribution is -2.49. The number of rotatable bonds is 9. The molecule has 0 radical (unpaired) electrons. The van der Waals surface area contributed by atoms with Crippen molar-refractivity contribution in [2.75, 3.05) is 46.3 Å². The summed E-state index contributed by atoms with van der Waals surface area (Å²) in [5, 5.41) is 7.10. The van der Waals surface area contributed by atoms with E-state index in [0.29, 0.717) is 6.04 Å². The molecule has 1 saturated heterocycles. The summed E-state index contributed by atoms with van der Waals surface area (Å²) in [5.74, 6) is 1.01. The van der Waals surface area contributed by atoms with Gasteiger partial charge >= 0.3 is 0 Å². The van der Waals surface area contributed by atoms with Gasteiger partial charge in [0.15, 0.2) is 5.96 Å². The van der Waals surface area contributed by atoms with Crippen molar-refractivity contribution in [3.05, 3.63) is 0 Å². The fraction of sp³-hybridized carbons (Fsp3) is 0.950. The Morgan fingerprint density at radius 2 is 1.84 bits per heavy atom. The van der Waals surface area contributed by atoms with Crippen LogP contribution in [-0.4, -0.2) is 74.2 Å². The smallest absolute Gasteiger partial charge is 0.191 e. The van der Waals surface area contributed by atoms with Crippen molar-refractivity contribution in [2.24, 2.45) is 4.99 Å². The maximum absolute atomic E-state index is 4.83. The molecule has 0 aromatic carbocycles. The minimum atomic E-state index is 0.572. The van der Waals surface area contributed by atoms with Gasteiger partial charge < -0.3 is 20.4 Å². The van der Waals surface area contributed by atoms with Crippen LogP contribution < -0.4 is 10.6 Å². The van der Waals surface area contributed by atoms with E-state index >= 15 is 0 Å². The number of hydrogen-bond acceptors (Lipinski definition) is 3. The number of nitrogens with zero attached hydrogens (tertiary/aromatic N) is 3. The molecule has 0 bridgehead atoms. The van der Waals surface area contributed by atoms with Gasteiger partial charge in [0, 0.05) is 38.3 Å². The minimum Gasteiger partial charge on any atom is -0.357 e. The molecule has 1 heterocycles. The van der Waals surface area contributed by atoms with E-state index in [0.717, 1.165) is 31.6 Å². The molecule has 0 unspecified atom stereocenters. The van der Waals surface area contributed by atoms with Crippen LogP contribution in [0.3, 0.4) is 0 Å². The average Bonchev–Trinajstić information content (AvgIpc) is 3.16. The van der Waals surface area contributed by atoms with E-state index in [4.69, 9.17) is 4.99 Å². The molecular formula is C20H41N5. The summed E-state index contributed by atoms with van der Waals surface area (Å²) in [7, 11) is 2.26. The van der Waals surface area contributed by atoms with Gasteiger partial charge in [-0.15, -0.1) is 0 Å². The van der Waals surface area contributed by atoms with Crippen molar-refractivity contribution >= 4 is 5.96 Å². The van der Waals surface area contributed by atoms with Crippen molar-refractivity contribution in [1.82, 2.24) is 20.4 Å². The van der Waals surface area contributed by atoms with E-state index in [9.17, 15) is 0 Å². The van der Waals surface area contributed by atoms with Crippen LogP contribution in [0.2, 0.25) is 0 Å². The number of nitrogens with one attached hydrogen (secondary N) is 2. The Labute approximate surface area is 155 Å². The third kappa shape index (κ3) is 7.53. The number of guanidine groups is 1. The molecule has 0 atom stereocenters. The molecule has 2 fully saturated rings. The topological polar surface area (TPSA) is 42.9 Å². The van der Waals surface area contributed by atoms with Gasteiger partial charge in [-0.1, -0.05) is 26.2 Å². The zero-order chi connectivity index (χ0) is 17.9. The molecule has 25 heavy (non-hydrogen) atoms. The average molecular weight is 352 g/mol. The van der Waals surface area contributed by atoms with Gasteiger partial charge in [-0.05, 0) is 52.6 Å². The van der Waals surface area contributed by atoms with Crippen molar-refractivity contribution in [1.29, 1.82) is 0 Å². The van der Waals surface area contributed by atoms with Crippen LogP contribution in [0.25, 0.3) is 0 Å². The first-order chi connectivity index (χ1) is 12.2. The summed E-state index contributed by atoms with van der Waals surface area (Å²) in [6.45, 7) is 11.0. The highest BCUT2D eigenvalue weighted by atomic mass is 15.2. The maximum atomic E-state index is 4.83. The van der Waals surface area contributed by atoms with Gasteiger partial charge in [0.25, 0.3) is 0 Å². The molecule has 0 aromatic heterocycles. The van der Waals surface area contributed by atoms with Gasteiger partial charge in [0.05, 0.1) is 6.54 Å². The third-order valence-electron chi connectivity index (χ3n) is 5.77. The molecule has 0 amide bonds. The summed E-state index contributed by atoms with van der Waals surface area (Å²) in [4.78, 5) is 9.95. The fourth-order valence-electron chi connectivity index (χ4n) is 4.04. The van der Waals surface area contributed by atoms with Crippen LogP contribution in [0, 0.1) is 0 Å². The monoisotopic (exact) mass is 351 g/mol. The first-order valence-electron chi connectivity index (χ1n) is 10.7. The molecule has 2 N–H and O–H groups in total. The zero-order valence-corrected chi connectivity index (χ0v) is 16.9. The summed E-state index contributed by atoms with van der Waals surface area (Å²) in [6.07, 6.45) is 10.6. The normalized spacial score (nSPS) is 21.2. The Bertz CT molecular complexity index is 370. The van der Waals surface area contributed by atoms with E-state index in [1.807, 2.05) is 0 Å². The van der Waals surface area contributed by atoms with Gasteiger partial charge in [-0.25, -0.2) is 0 Å². The molecular weight excluding hydrogens is 310 g/mol. The molecule has 146 valence electrons. The minimum absolute atomic E-state index is 0.572. The summed E-state index contributed by atoms with van der Waals surface area (Å²) in [5.41, 5.74) is 0. The Kier molecular flexibility index (Phi) is 9.63. The van der Waals surface area contributed by atoms with Gasteiger partial charge in [0.2, 0.25) is 0 Å². The van der Waals surface area contributed by atoms with Crippen LogP contribution >= 0.6 is 0 Å². The quantitative estimate of drug-likeness (QED) is 0.495.